The van der Waals surface area contributed by atoms with E-state index in [-0.39, 0.29) is 0 Å². The Morgan fingerprint density at radius 2 is 2.30 bits per heavy atom. The molecule has 1 aromatic carbocycles. The molecular weight excluding hydrogens is 278 g/mol. The summed E-state index contributed by atoms with van der Waals surface area (Å²) in [5.74, 6) is -0.929. The minimum Gasteiger partial charge on any atom is -0.360 e. The quantitative estimate of drug-likeness (QED) is 0.635. The first-order valence-electron chi connectivity index (χ1n) is 6.01. The summed E-state index contributed by atoms with van der Waals surface area (Å²) >= 11 is 4.92. The molecular formula is C12H11N5O2S. The molecule has 8 heteroatoms. The number of aliphatic imine (C=N–C) groups is 1. The van der Waals surface area contributed by atoms with Gasteiger partial charge in [-0.15, -0.1) is 5.10 Å². The molecule has 0 amide bonds. The van der Waals surface area contributed by atoms with Crippen molar-refractivity contribution >= 4 is 40.0 Å². The molecule has 0 saturated carbocycles. The van der Waals surface area contributed by atoms with Gasteiger partial charge in [0.15, 0.2) is 5.11 Å². The number of aromatic nitrogens is 3. The second-order valence-electron chi connectivity index (χ2n) is 4.35. The summed E-state index contributed by atoms with van der Waals surface area (Å²) in [5.41, 5.74) is 1.92. The highest BCUT2D eigenvalue weighted by molar-refractivity contribution is 7.80. The van der Waals surface area contributed by atoms with Crippen molar-refractivity contribution < 1.29 is 9.63 Å². The molecule has 2 heterocycles. The molecule has 1 atom stereocenters. The lowest BCUT2D eigenvalue weighted by atomic mass is 10.0. The summed E-state index contributed by atoms with van der Waals surface area (Å²) in [7, 11) is 0. The van der Waals surface area contributed by atoms with Crippen molar-refractivity contribution in [3.8, 4) is 0 Å². The zero-order chi connectivity index (χ0) is 14.1. The van der Waals surface area contributed by atoms with Crippen LogP contribution in [0.25, 0.3) is 11.0 Å². The Morgan fingerprint density at radius 3 is 3.10 bits per heavy atom. The summed E-state index contributed by atoms with van der Waals surface area (Å²) in [5, 5.41) is 11.0. The van der Waals surface area contributed by atoms with Crippen LogP contribution in [0, 0.1) is 5.92 Å². The molecule has 7 nitrogen and oxygen atoms in total. The first kappa shape index (κ1) is 12.7. The summed E-state index contributed by atoms with van der Waals surface area (Å²) in [4.78, 5) is 22.6. The van der Waals surface area contributed by atoms with Crippen LogP contribution in [0.15, 0.2) is 29.3 Å². The number of nitrogens with zero attached hydrogens (tertiary/aromatic N) is 4. The molecule has 1 aliphatic heterocycles. The third-order valence-corrected chi connectivity index (χ3v) is 3.26. The standard InChI is InChI=1S/C12H11N5O2S/c1-7-8(6-13-12(20)14-7)11(18)19-17-10-5-3-2-4-9(10)15-16-17/h2-5,8H,6H2,1H3,(H,13,20). The first-order chi connectivity index (χ1) is 9.65. The van der Waals surface area contributed by atoms with Crippen LogP contribution < -0.4 is 10.2 Å². The number of hydrogen-bond donors (Lipinski definition) is 1. The summed E-state index contributed by atoms with van der Waals surface area (Å²) in [6, 6.07) is 7.23. The van der Waals surface area contributed by atoms with Gasteiger partial charge in [0.1, 0.15) is 17.0 Å². The predicted molar refractivity (Wildman–Crippen MR) is 76.3 cm³/mol. The molecule has 0 spiro atoms. The molecule has 3 rings (SSSR count). The Hall–Kier alpha value is -2.35. The third-order valence-electron chi connectivity index (χ3n) is 3.02. The summed E-state index contributed by atoms with van der Waals surface area (Å²) in [6.45, 7) is 2.12. The fraction of sp³-hybridized carbons (Fsp3) is 0.250. The van der Waals surface area contributed by atoms with E-state index in [4.69, 9.17) is 17.1 Å². The molecule has 0 radical (unpaired) electrons. The molecule has 0 fully saturated rings. The number of nitrogens with one attached hydrogen (secondary N) is 1. The maximum Gasteiger partial charge on any atom is 0.345 e. The van der Waals surface area contributed by atoms with E-state index in [9.17, 15) is 4.79 Å². The number of carbonyl (C=O) groups is 1. The van der Waals surface area contributed by atoms with Crippen LogP contribution in [0.3, 0.4) is 0 Å². The molecule has 102 valence electrons. The molecule has 2 aromatic rings. The Balaban J connectivity index is 1.83. The van der Waals surface area contributed by atoms with Crippen molar-refractivity contribution in [2.45, 2.75) is 6.92 Å². The first-order valence-corrected chi connectivity index (χ1v) is 6.41. The average molecular weight is 289 g/mol. The molecule has 1 aliphatic rings. The average Bonchev–Trinajstić information content (AvgIpc) is 2.82. The van der Waals surface area contributed by atoms with Gasteiger partial charge in [-0.25, -0.2) is 9.79 Å². The van der Waals surface area contributed by atoms with E-state index < -0.39 is 11.9 Å². The second kappa shape index (κ2) is 4.97. The Bertz CT molecular complexity index is 723. The summed E-state index contributed by atoms with van der Waals surface area (Å²) < 4.78 is 0. The highest BCUT2D eigenvalue weighted by Crippen LogP contribution is 2.10. The van der Waals surface area contributed by atoms with Crippen LogP contribution >= 0.6 is 12.2 Å². The van der Waals surface area contributed by atoms with Gasteiger partial charge in [-0.1, -0.05) is 17.0 Å². The maximum absolute atomic E-state index is 12.2. The smallest absolute Gasteiger partial charge is 0.345 e. The summed E-state index contributed by atoms with van der Waals surface area (Å²) in [6.07, 6.45) is 0. The molecule has 1 unspecified atom stereocenters. The van der Waals surface area contributed by atoms with Crippen molar-refractivity contribution in [3.63, 3.8) is 0 Å². The van der Waals surface area contributed by atoms with E-state index in [2.05, 4.69) is 20.6 Å². The van der Waals surface area contributed by atoms with E-state index in [0.29, 0.717) is 28.4 Å². The highest BCUT2D eigenvalue weighted by atomic mass is 32.1. The van der Waals surface area contributed by atoms with Gasteiger partial charge >= 0.3 is 5.97 Å². The largest absolute Gasteiger partial charge is 0.360 e. The number of hydrogen-bond acceptors (Lipinski definition) is 5. The van der Waals surface area contributed by atoms with E-state index in [1.807, 2.05) is 12.1 Å². The molecule has 1 aromatic heterocycles. The molecule has 0 aliphatic carbocycles. The zero-order valence-corrected chi connectivity index (χ0v) is 11.4. The minimum absolute atomic E-state index is 0.375. The highest BCUT2D eigenvalue weighted by Gasteiger charge is 2.28. The molecule has 0 bridgehead atoms. The van der Waals surface area contributed by atoms with Gasteiger partial charge in [0.25, 0.3) is 0 Å². The SMILES string of the molecule is CC1=NC(=S)NCC1C(=O)On1nnc2ccccc21. The van der Waals surface area contributed by atoms with Crippen molar-refractivity contribution in [1.29, 1.82) is 0 Å². The minimum atomic E-state index is -0.482. The Kier molecular flexibility index (Phi) is 3.15. The van der Waals surface area contributed by atoms with E-state index >= 15 is 0 Å². The Morgan fingerprint density at radius 1 is 1.50 bits per heavy atom. The van der Waals surface area contributed by atoms with E-state index in [0.717, 1.165) is 4.85 Å². The third kappa shape index (κ3) is 2.25. The second-order valence-corrected chi connectivity index (χ2v) is 4.74. The van der Waals surface area contributed by atoms with Crippen molar-refractivity contribution in [1.82, 2.24) is 20.5 Å². The molecule has 20 heavy (non-hydrogen) atoms. The number of rotatable bonds is 2. The van der Waals surface area contributed by atoms with Gasteiger partial charge in [0, 0.05) is 12.3 Å². The fourth-order valence-corrected chi connectivity index (χ4v) is 2.16. The molecule has 0 saturated heterocycles. The number of carbonyl (C=O) groups excluding carboxylic acids is 1. The van der Waals surface area contributed by atoms with Gasteiger partial charge < -0.3 is 10.2 Å². The van der Waals surface area contributed by atoms with Crippen molar-refractivity contribution in [2.24, 2.45) is 10.9 Å². The lowest BCUT2D eigenvalue weighted by molar-refractivity contribution is -0.147. The van der Waals surface area contributed by atoms with Gasteiger partial charge in [-0.05, 0) is 36.5 Å². The monoisotopic (exact) mass is 289 g/mol. The van der Waals surface area contributed by atoms with Gasteiger partial charge in [-0.3, -0.25) is 0 Å². The number of fused-ring (bicyclic) bond motifs is 1. The normalized spacial score (nSPS) is 18.6. The number of para-hydroxylation sites is 1. The fourth-order valence-electron chi connectivity index (χ4n) is 1.93. The number of benzene rings is 1. The van der Waals surface area contributed by atoms with Gasteiger partial charge in [0.05, 0.1) is 0 Å². The van der Waals surface area contributed by atoms with Gasteiger partial charge in [0.2, 0.25) is 0 Å². The molecule has 1 N–H and O–H groups in total. The van der Waals surface area contributed by atoms with Crippen LogP contribution in [0.1, 0.15) is 6.92 Å². The van der Waals surface area contributed by atoms with Crippen molar-refractivity contribution in [3.05, 3.63) is 24.3 Å². The lowest BCUT2D eigenvalue weighted by Crippen LogP contribution is -2.43. The Labute approximate surface area is 119 Å². The van der Waals surface area contributed by atoms with Crippen molar-refractivity contribution in [2.75, 3.05) is 6.54 Å². The zero-order valence-electron chi connectivity index (χ0n) is 10.6. The van der Waals surface area contributed by atoms with E-state index in [1.165, 1.54) is 0 Å². The van der Waals surface area contributed by atoms with Crippen LogP contribution in [0.4, 0.5) is 0 Å². The van der Waals surface area contributed by atoms with E-state index in [1.54, 1.807) is 19.1 Å². The van der Waals surface area contributed by atoms with Crippen LogP contribution in [-0.2, 0) is 4.79 Å². The predicted octanol–water partition coefficient (Wildman–Crippen LogP) is 0.352. The topological polar surface area (TPSA) is 81.4 Å². The van der Waals surface area contributed by atoms with Gasteiger partial charge in [-0.2, -0.15) is 0 Å². The lowest BCUT2D eigenvalue weighted by Gasteiger charge is -2.20. The maximum atomic E-state index is 12.2. The van der Waals surface area contributed by atoms with Crippen LogP contribution in [-0.4, -0.2) is 38.5 Å². The van der Waals surface area contributed by atoms with Crippen LogP contribution in [0.2, 0.25) is 0 Å². The van der Waals surface area contributed by atoms with Crippen LogP contribution in [0.5, 0.6) is 0 Å². The number of thiocarbonyl (C=S) groups is 1.